The second-order valence-corrected chi connectivity index (χ2v) is 4.94. The molecular formula is C15H20N2O. The summed E-state index contributed by atoms with van der Waals surface area (Å²) < 4.78 is 1.87. The summed E-state index contributed by atoms with van der Waals surface area (Å²) in [6.07, 6.45) is 0.740. The Morgan fingerprint density at radius 2 is 2.06 bits per heavy atom. The van der Waals surface area contributed by atoms with Gasteiger partial charge in [-0.3, -0.25) is 0 Å². The Bertz CT molecular complexity index is 556. The molecule has 1 aromatic heterocycles. The molecule has 0 amide bonds. The van der Waals surface area contributed by atoms with E-state index in [1.807, 2.05) is 23.7 Å². The van der Waals surface area contributed by atoms with E-state index < -0.39 is 0 Å². The van der Waals surface area contributed by atoms with Gasteiger partial charge < -0.3 is 5.11 Å². The predicted molar refractivity (Wildman–Crippen MR) is 73.4 cm³/mol. The molecule has 0 aliphatic heterocycles. The van der Waals surface area contributed by atoms with Crippen LogP contribution in [-0.2, 0) is 6.42 Å². The van der Waals surface area contributed by atoms with E-state index in [9.17, 15) is 5.11 Å². The smallest absolute Gasteiger partial charge is 0.160 e. The number of hydrogen-bond donors (Lipinski definition) is 1. The average molecular weight is 244 g/mol. The number of aryl methyl sites for hydroxylation is 2. The molecule has 0 saturated carbocycles. The molecule has 0 aliphatic carbocycles. The third kappa shape index (κ3) is 2.13. The van der Waals surface area contributed by atoms with Gasteiger partial charge in [-0.05, 0) is 37.0 Å². The first-order valence-corrected chi connectivity index (χ1v) is 6.42. The van der Waals surface area contributed by atoms with Crippen LogP contribution in [0.1, 0.15) is 43.6 Å². The molecule has 3 nitrogen and oxygen atoms in total. The van der Waals surface area contributed by atoms with Crippen LogP contribution in [0.25, 0.3) is 5.69 Å². The van der Waals surface area contributed by atoms with Gasteiger partial charge in [0.2, 0.25) is 0 Å². The molecule has 96 valence electrons. The van der Waals surface area contributed by atoms with Crippen molar-refractivity contribution in [3.8, 4) is 11.4 Å². The van der Waals surface area contributed by atoms with Crippen LogP contribution in [0, 0.1) is 6.92 Å². The summed E-state index contributed by atoms with van der Waals surface area (Å²) in [6, 6.07) is 8.17. The molecular weight excluding hydrogens is 224 g/mol. The van der Waals surface area contributed by atoms with E-state index in [4.69, 9.17) is 0 Å². The second kappa shape index (κ2) is 4.84. The van der Waals surface area contributed by atoms with Crippen molar-refractivity contribution in [3.63, 3.8) is 0 Å². The summed E-state index contributed by atoms with van der Waals surface area (Å²) >= 11 is 0. The first kappa shape index (κ1) is 12.7. The van der Waals surface area contributed by atoms with Crippen molar-refractivity contribution in [2.24, 2.45) is 0 Å². The molecule has 0 unspecified atom stereocenters. The summed E-state index contributed by atoms with van der Waals surface area (Å²) in [5.41, 5.74) is 3.85. The van der Waals surface area contributed by atoms with E-state index in [0.717, 1.165) is 23.5 Å². The van der Waals surface area contributed by atoms with E-state index >= 15 is 0 Å². The molecule has 2 aromatic rings. The molecule has 18 heavy (non-hydrogen) atoms. The number of aromatic nitrogens is 2. The lowest BCUT2D eigenvalue weighted by Gasteiger charge is -2.10. The van der Waals surface area contributed by atoms with Crippen molar-refractivity contribution in [3.05, 3.63) is 41.2 Å². The van der Waals surface area contributed by atoms with Gasteiger partial charge >= 0.3 is 0 Å². The van der Waals surface area contributed by atoms with E-state index in [0.29, 0.717) is 5.75 Å². The van der Waals surface area contributed by atoms with Crippen molar-refractivity contribution in [2.45, 2.75) is 40.0 Å². The Kier molecular flexibility index (Phi) is 3.41. The van der Waals surface area contributed by atoms with Gasteiger partial charge in [-0.1, -0.05) is 32.9 Å². The van der Waals surface area contributed by atoms with Crippen molar-refractivity contribution in [2.75, 3.05) is 0 Å². The van der Waals surface area contributed by atoms with Gasteiger partial charge in [-0.25, -0.2) is 4.68 Å². The summed E-state index contributed by atoms with van der Waals surface area (Å²) in [5.74, 6) is 0.576. The zero-order valence-corrected chi connectivity index (χ0v) is 11.4. The van der Waals surface area contributed by atoms with Crippen LogP contribution < -0.4 is 0 Å². The Morgan fingerprint density at radius 3 is 2.61 bits per heavy atom. The quantitative estimate of drug-likeness (QED) is 0.896. The standard InChI is InChI=1S/C15H20N2O/c1-5-13-15(18)14(10(2)3)17(16-13)12-8-6-7-11(4)9-12/h6-10,18H,5H2,1-4H3. The maximum absolute atomic E-state index is 10.2. The summed E-state index contributed by atoms with van der Waals surface area (Å²) in [5, 5.41) is 14.8. The normalized spacial score (nSPS) is 11.2. The number of benzene rings is 1. The van der Waals surface area contributed by atoms with Crippen LogP contribution in [0.2, 0.25) is 0 Å². The van der Waals surface area contributed by atoms with Crippen LogP contribution in [0.3, 0.4) is 0 Å². The maximum atomic E-state index is 10.2. The monoisotopic (exact) mass is 244 g/mol. The molecule has 1 N–H and O–H groups in total. The van der Waals surface area contributed by atoms with Crippen molar-refractivity contribution in [1.29, 1.82) is 0 Å². The van der Waals surface area contributed by atoms with Crippen LogP contribution >= 0.6 is 0 Å². The van der Waals surface area contributed by atoms with Gasteiger partial charge in [0, 0.05) is 0 Å². The molecule has 0 fully saturated rings. The highest BCUT2D eigenvalue weighted by Crippen LogP contribution is 2.31. The zero-order valence-electron chi connectivity index (χ0n) is 11.4. The molecule has 0 bridgehead atoms. The highest BCUT2D eigenvalue weighted by Gasteiger charge is 2.19. The minimum atomic E-state index is 0.235. The Labute approximate surface area is 108 Å². The molecule has 0 radical (unpaired) electrons. The molecule has 0 spiro atoms. The zero-order chi connectivity index (χ0) is 13.3. The third-order valence-corrected chi connectivity index (χ3v) is 3.09. The van der Waals surface area contributed by atoms with E-state index in [1.165, 1.54) is 5.56 Å². The largest absolute Gasteiger partial charge is 0.504 e. The van der Waals surface area contributed by atoms with Crippen LogP contribution in [0.15, 0.2) is 24.3 Å². The molecule has 2 rings (SSSR count). The molecule has 1 aromatic carbocycles. The number of nitrogens with zero attached hydrogens (tertiary/aromatic N) is 2. The van der Waals surface area contributed by atoms with Crippen molar-refractivity contribution in [1.82, 2.24) is 9.78 Å². The van der Waals surface area contributed by atoms with Crippen molar-refractivity contribution < 1.29 is 5.11 Å². The van der Waals surface area contributed by atoms with Crippen LogP contribution in [-0.4, -0.2) is 14.9 Å². The fourth-order valence-electron chi connectivity index (χ4n) is 2.18. The number of rotatable bonds is 3. The Hall–Kier alpha value is -1.77. The SMILES string of the molecule is CCc1nn(-c2cccc(C)c2)c(C(C)C)c1O. The molecule has 0 atom stereocenters. The van der Waals surface area contributed by atoms with Crippen molar-refractivity contribution >= 4 is 0 Å². The summed E-state index contributed by atoms with van der Waals surface area (Å²) in [6.45, 7) is 8.21. The minimum absolute atomic E-state index is 0.235. The second-order valence-electron chi connectivity index (χ2n) is 4.94. The lowest BCUT2D eigenvalue weighted by Crippen LogP contribution is -2.04. The predicted octanol–water partition coefficient (Wildman–Crippen LogP) is 3.57. The van der Waals surface area contributed by atoms with E-state index in [1.54, 1.807) is 0 Å². The maximum Gasteiger partial charge on any atom is 0.160 e. The molecule has 1 heterocycles. The topological polar surface area (TPSA) is 38.0 Å². The minimum Gasteiger partial charge on any atom is -0.504 e. The van der Waals surface area contributed by atoms with Gasteiger partial charge in [0.05, 0.1) is 11.4 Å². The van der Waals surface area contributed by atoms with Gasteiger partial charge in [-0.15, -0.1) is 0 Å². The number of hydrogen-bond acceptors (Lipinski definition) is 2. The van der Waals surface area contributed by atoms with Gasteiger partial charge in [0.25, 0.3) is 0 Å². The van der Waals surface area contributed by atoms with Crippen LogP contribution in [0.5, 0.6) is 5.75 Å². The van der Waals surface area contributed by atoms with Crippen LogP contribution in [0.4, 0.5) is 0 Å². The molecule has 0 saturated heterocycles. The molecule has 0 aliphatic rings. The third-order valence-electron chi connectivity index (χ3n) is 3.09. The van der Waals surface area contributed by atoms with Gasteiger partial charge in [-0.2, -0.15) is 5.10 Å². The Balaban J connectivity index is 2.63. The van der Waals surface area contributed by atoms with E-state index in [2.05, 4.69) is 38.0 Å². The Morgan fingerprint density at radius 1 is 1.33 bits per heavy atom. The average Bonchev–Trinajstić information content (AvgIpc) is 2.66. The van der Waals surface area contributed by atoms with Gasteiger partial charge in [0.1, 0.15) is 5.69 Å². The first-order chi connectivity index (χ1) is 8.54. The first-order valence-electron chi connectivity index (χ1n) is 6.42. The lowest BCUT2D eigenvalue weighted by atomic mass is 10.1. The fourth-order valence-corrected chi connectivity index (χ4v) is 2.18. The lowest BCUT2D eigenvalue weighted by molar-refractivity contribution is 0.457. The number of aromatic hydroxyl groups is 1. The van der Waals surface area contributed by atoms with E-state index in [-0.39, 0.29) is 5.92 Å². The molecule has 3 heteroatoms. The highest BCUT2D eigenvalue weighted by atomic mass is 16.3. The highest BCUT2D eigenvalue weighted by molar-refractivity contribution is 5.43. The summed E-state index contributed by atoms with van der Waals surface area (Å²) in [4.78, 5) is 0. The fraction of sp³-hybridized carbons (Fsp3) is 0.400. The summed E-state index contributed by atoms with van der Waals surface area (Å²) in [7, 11) is 0. The van der Waals surface area contributed by atoms with Gasteiger partial charge in [0.15, 0.2) is 5.75 Å².